The van der Waals surface area contributed by atoms with Gasteiger partial charge in [-0.2, -0.15) is 0 Å². The van der Waals surface area contributed by atoms with E-state index in [9.17, 15) is 24.6 Å². The van der Waals surface area contributed by atoms with E-state index in [1.807, 2.05) is 4.90 Å². The van der Waals surface area contributed by atoms with Gasteiger partial charge in [0.05, 0.1) is 18.6 Å². The number of fused-ring (bicyclic) bond motifs is 7. The molecule has 8 heteroatoms. The van der Waals surface area contributed by atoms with Gasteiger partial charge in [0.25, 0.3) is 0 Å². The van der Waals surface area contributed by atoms with Crippen molar-refractivity contribution in [3.05, 3.63) is 11.1 Å². The van der Waals surface area contributed by atoms with Gasteiger partial charge in [-0.15, -0.1) is 0 Å². The number of hydrogen-bond acceptors (Lipinski definition) is 8. The fourth-order valence-corrected chi connectivity index (χ4v) is 12.3. The number of rotatable bonds is 10. The maximum absolute atomic E-state index is 14.2. The van der Waals surface area contributed by atoms with E-state index >= 15 is 0 Å². The van der Waals surface area contributed by atoms with Crippen molar-refractivity contribution in [1.82, 2.24) is 4.90 Å². The molecule has 5 rings (SSSR count). The van der Waals surface area contributed by atoms with Crippen LogP contribution in [0.2, 0.25) is 0 Å². The van der Waals surface area contributed by atoms with E-state index < -0.39 is 5.41 Å². The Labute approximate surface area is 277 Å². The first-order chi connectivity index (χ1) is 21.5. The fourth-order valence-electron chi connectivity index (χ4n) is 12.3. The number of carbonyl (C=O) groups is 3. The van der Waals surface area contributed by atoms with Crippen molar-refractivity contribution >= 4 is 17.7 Å². The molecule has 0 aliphatic heterocycles. The molecule has 2 N–H and O–H groups in total. The molecule has 5 aliphatic rings. The number of allylic oxidation sites excluding steroid dienone is 1. The Morgan fingerprint density at radius 3 is 2.15 bits per heavy atom. The molecule has 0 saturated heterocycles. The first-order valence-electron chi connectivity index (χ1n) is 18.1. The van der Waals surface area contributed by atoms with E-state index in [4.69, 9.17) is 9.47 Å². The van der Waals surface area contributed by atoms with Crippen molar-refractivity contribution in [2.75, 3.05) is 39.5 Å². The third kappa shape index (κ3) is 5.31. The standard InChI is InChI=1S/C38H61NO7/c1-24(2)31-27(43)23-38(33(44)45-22-19-39(17-20-40)18-21-41)16-15-36(7)26(32(31)38)9-10-29-35(6)13-12-30(46-25(3)42)34(4,5)28(35)11-14-37(29,36)8/h24,26,28-30,40-41H,9-23H2,1-8H3/t26-,28+,29-,30+,35+,36-,37-,38-/m1/s1. The molecule has 0 heterocycles. The Hall–Kier alpha value is -1.77. The second kappa shape index (κ2) is 12.6. The number of carbonyl (C=O) groups excluding carboxylic acids is 3. The summed E-state index contributed by atoms with van der Waals surface area (Å²) in [6.45, 7) is 19.3. The van der Waals surface area contributed by atoms with Gasteiger partial charge in [-0.3, -0.25) is 19.3 Å². The third-order valence-corrected chi connectivity index (χ3v) is 14.5. The Morgan fingerprint density at radius 2 is 1.54 bits per heavy atom. The summed E-state index contributed by atoms with van der Waals surface area (Å²) in [7, 11) is 0. The van der Waals surface area contributed by atoms with Crippen LogP contribution >= 0.6 is 0 Å². The quantitative estimate of drug-likeness (QED) is 0.291. The minimum absolute atomic E-state index is 0.0267. The van der Waals surface area contributed by atoms with Gasteiger partial charge in [-0.25, -0.2) is 0 Å². The lowest BCUT2D eigenvalue weighted by Crippen LogP contribution is -2.66. The van der Waals surface area contributed by atoms with E-state index in [2.05, 4.69) is 48.5 Å². The molecule has 260 valence electrons. The molecule has 5 aliphatic carbocycles. The normalized spacial score (nSPS) is 39.9. The van der Waals surface area contributed by atoms with Crippen molar-refractivity contribution < 1.29 is 34.1 Å². The number of hydrogen-bond donors (Lipinski definition) is 2. The van der Waals surface area contributed by atoms with Crippen molar-refractivity contribution in [2.45, 2.75) is 119 Å². The van der Waals surface area contributed by atoms with Gasteiger partial charge in [0.15, 0.2) is 5.78 Å². The lowest BCUT2D eigenvalue weighted by molar-refractivity contribution is -0.233. The molecule has 8 atom stereocenters. The number of aliphatic hydroxyl groups is 2. The predicted octanol–water partition coefficient (Wildman–Crippen LogP) is 5.73. The van der Waals surface area contributed by atoms with Gasteiger partial charge < -0.3 is 19.7 Å². The number of Topliss-reactive ketones (excluding diaryl/α,β-unsaturated/α-hetero) is 1. The van der Waals surface area contributed by atoms with E-state index in [-0.39, 0.29) is 83.6 Å². The van der Waals surface area contributed by atoms with E-state index in [0.717, 1.165) is 56.1 Å². The largest absolute Gasteiger partial charge is 0.464 e. The van der Waals surface area contributed by atoms with Gasteiger partial charge in [0.2, 0.25) is 0 Å². The SMILES string of the molecule is CC(=O)O[C@H]1CC[C@]2(C)[C@H]3CC[C@@H]4C5=C(C(C)C)C(=O)C[C@]5(C(=O)OCCN(CCO)CCO)CC[C@@]4(C)[C@]3(C)CC[C@H]2C1(C)C. The van der Waals surface area contributed by atoms with Crippen LogP contribution in [-0.4, -0.2) is 78.4 Å². The average molecular weight is 644 g/mol. The second-order valence-corrected chi connectivity index (χ2v) is 17.2. The van der Waals surface area contributed by atoms with Gasteiger partial charge in [0.1, 0.15) is 12.7 Å². The van der Waals surface area contributed by atoms with Crippen LogP contribution in [0.1, 0.15) is 113 Å². The van der Waals surface area contributed by atoms with Crippen LogP contribution in [0, 0.1) is 50.7 Å². The molecule has 0 aromatic heterocycles. The molecule has 0 spiro atoms. The van der Waals surface area contributed by atoms with Crippen molar-refractivity contribution in [3.8, 4) is 0 Å². The van der Waals surface area contributed by atoms with Crippen molar-refractivity contribution in [2.24, 2.45) is 50.7 Å². The number of nitrogens with zero attached hydrogens (tertiary/aromatic N) is 1. The second-order valence-electron chi connectivity index (χ2n) is 17.2. The molecule has 4 saturated carbocycles. The minimum atomic E-state index is -0.895. The summed E-state index contributed by atoms with van der Waals surface area (Å²) in [5, 5.41) is 18.8. The van der Waals surface area contributed by atoms with E-state index in [1.165, 1.54) is 6.92 Å². The van der Waals surface area contributed by atoms with Crippen LogP contribution in [0.3, 0.4) is 0 Å². The Balaban J connectivity index is 1.46. The summed E-state index contributed by atoms with van der Waals surface area (Å²) in [6.07, 6.45) is 7.88. The summed E-state index contributed by atoms with van der Waals surface area (Å²) in [6, 6.07) is 0. The van der Waals surface area contributed by atoms with Crippen molar-refractivity contribution in [1.29, 1.82) is 0 Å². The number of aliphatic hydroxyl groups excluding tert-OH is 2. The Morgan fingerprint density at radius 1 is 0.870 bits per heavy atom. The van der Waals surface area contributed by atoms with E-state index in [1.54, 1.807) is 0 Å². The maximum atomic E-state index is 14.2. The summed E-state index contributed by atoms with van der Waals surface area (Å²) in [5.41, 5.74) is 1.11. The summed E-state index contributed by atoms with van der Waals surface area (Å²) in [5.74, 6) is 0.833. The number of ether oxygens (including phenoxy) is 2. The molecule has 0 radical (unpaired) electrons. The van der Waals surface area contributed by atoms with Crippen LogP contribution in [0.4, 0.5) is 0 Å². The summed E-state index contributed by atoms with van der Waals surface area (Å²) >= 11 is 0. The molecule has 46 heavy (non-hydrogen) atoms. The van der Waals surface area contributed by atoms with Gasteiger partial charge >= 0.3 is 11.9 Å². The summed E-state index contributed by atoms with van der Waals surface area (Å²) < 4.78 is 11.9. The smallest absolute Gasteiger partial charge is 0.316 e. The first kappa shape index (κ1) is 35.5. The lowest BCUT2D eigenvalue weighted by atomic mass is 9.33. The molecular formula is C38H61NO7. The van der Waals surface area contributed by atoms with Gasteiger partial charge in [-0.05, 0) is 102 Å². The van der Waals surface area contributed by atoms with Crippen molar-refractivity contribution in [3.63, 3.8) is 0 Å². The van der Waals surface area contributed by atoms with Crippen LogP contribution < -0.4 is 0 Å². The third-order valence-electron chi connectivity index (χ3n) is 14.5. The average Bonchev–Trinajstić information content (AvgIpc) is 3.28. The topological polar surface area (TPSA) is 113 Å². The zero-order valence-corrected chi connectivity index (χ0v) is 29.9. The zero-order chi connectivity index (χ0) is 33.9. The Bertz CT molecular complexity index is 1240. The highest BCUT2D eigenvalue weighted by molar-refractivity contribution is 6.06. The van der Waals surface area contributed by atoms with Crippen LogP contribution in [0.5, 0.6) is 0 Å². The fraction of sp³-hybridized carbons (Fsp3) is 0.868. The zero-order valence-electron chi connectivity index (χ0n) is 29.9. The predicted molar refractivity (Wildman–Crippen MR) is 177 cm³/mol. The molecule has 0 unspecified atom stereocenters. The van der Waals surface area contributed by atoms with Crippen LogP contribution in [-0.2, 0) is 23.9 Å². The lowest BCUT2D eigenvalue weighted by Gasteiger charge is -2.72. The molecular weight excluding hydrogens is 582 g/mol. The highest BCUT2D eigenvalue weighted by Gasteiger charge is 2.71. The first-order valence-corrected chi connectivity index (χ1v) is 18.1. The van der Waals surface area contributed by atoms with E-state index in [0.29, 0.717) is 37.9 Å². The highest BCUT2D eigenvalue weighted by Crippen LogP contribution is 2.76. The monoisotopic (exact) mass is 643 g/mol. The molecule has 0 bridgehead atoms. The molecule has 0 aromatic carbocycles. The van der Waals surface area contributed by atoms with Gasteiger partial charge in [-0.1, -0.05) is 48.5 Å². The van der Waals surface area contributed by atoms with Crippen LogP contribution in [0.25, 0.3) is 0 Å². The Kier molecular flexibility index (Phi) is 9.73. The molecule has 0 aromatic rings. The highest BCUT2D eigenvalue weighted by atomic mass is 16.5. The minimum Gasteiger partial charge on any atom is -0.464 e. The molecule has 8 nitrogen and oxygen atoms in total. The maximum Gasteiger partial charge on any atom is 0.316 e. The molecule has 0 amide bonds. The number of esters is 2. The number of ketones is 1. The van der Waals surface area contributed by atoms with Gasteiger partial charge in [0, 0.05) is 38.4 Å². The summed E-state index contributed by atoms with van der Waals surface area (Å²) in [4.78, 5) is 42.0. The molecule has 4 fully saturated rings. The van der Waals surface area contributed by atoms with Crippen LogP contribution in [0.15, 0.2) is 11.1 Å².